The van der Waals surface area contributed by atoms with E-state index in [1.54, 1.807) is 6.07 Å². The van der Waals surface area contributed by atoms with Crippen LogP contribution < -0.4 is 21.5 Å². The van der Waals surface area contributed by atoms with Crippen molar-refractivity contribution in [3.63, 3.8) is 0 Å². The van der Waals surface area contributed by atoms with E-state index < -0.39 is 47.4 Å². The summed E-state index contributed by atoms with van der Waals surface area (Å²) in [5, 5.41) is 2.67. The van der Waals surface area contributed by atoms with E-state index in [-0.39, 0.29) is 35.1 Å². The molecule has 0 unspecified atom stereocenters. The second-order valence-electron chi connectivity index (χ2n) is 10.2. The third-order valence-corrected chi connectivity index (χ3v) is 8.48. The minimum absolute atomic E-state index is 0.0371. The van der Waals surface area contributed by atoms with Gasteiger partial charge in [0.05, 0.1) is 15.9 Å². The van der Waals surface area contributed by atoms with Crippen molar-refractivity contribution in [2.75, 3.05) is 18.9 Å². The van der Waals surface area contributed by atoms with Gasteiger partial charge in [0.15, 0.2) is 5.13 Å². The number of fused-ring (bicyclic) bond motifs is 2. The van der Waals surface area contributed by atoms with Gasteiger partial charge >= 0.3 is 6.18 Å². The summed E-state index contributed by atoms with van der Waals surface area (Å²) in [6.45, 7) is -0.951. The summed E-state index contributed by atoms with van der Waals surface area (Å²) in [6, 6.07) is 10.8. The fourth-order valence-corrected chi connectivity index (χ4v) is 6.14. The lowest BCUT2D eigenvalue weighted by Gasteiger charge is -2.26. The molecule has 0 bridgehead atoms. The fraction of sp³-hybridized carbons (Fsp3) is 0.286. The molecule has 2 amide bonds. The van der Waals surface area contributed by atoms with E-state index in [0.29, 0.717) is 33.8 Å². The second-order valence-corrected chi connectivity index (χ2v) is 11.3. The van der Waals surface area contributed by atoms with E-state index in [9.17, 15) is 27.2 Å². The van der Waals surface area contributed by atoms with E-state index in [4.69, 9.17) is 16.2 Å². The molecule has 2 atom stereocenters. The zero-order chi connectivity index (χ0) is 29.1. The molecule has 0 saturated heterocycles. The van der Waals surface area contributed by atoms with Gasteiger partial charge in [-0.05, 0) is 67.3 Å². The average molecular weight is 586 g/mol. The van der Waals surface area contributed by atoms with Crippen molar-refractivity contribution in [2.24, 2.45) is 11.7 Å². The number of nitrogens with zero attached hydrogens (tertiary/aromatic N) is 2. The van der Waals surface area contributed by atoms with Crippen LogP contribution in [0.25, 0.3) is 21.5 Å². The number of hydrogen-bond donors (Lipinski definition) is 3. The highest BCUT2D eigenvalue weighted by atomic mass is 32.1. The Morgan fingerprint density at radius 1 is 1.12 bits per heavy atom. The number of aromatic nitrogens is 2. The molecule has 8 nitrogen and oxygen atoms in total. The summed E-state index contributed by atoms with van der Waals surface area (Å²) in [6.07, 6.45) is -3.48. The van der Waals surface area contributed by atoms with E-state index in [1.165, 1.54) is 30.3 Å². The first kappa shape index (κ1) is 26.9. The Bertz CT molecular complexity index is 1690. The molecule has 2 aliphatic rings. The lowest BCUT2D eigenvalue weighted by molar-refractivity contribution is -0.149. The van der Waals surface area contributed by atoms with Gasteiger partial charge in [-0.3, -0.25) is 9.59 Å². The number of ether oxygens (including phenoxy) is 1. The maximum Gasteiger partial charge on any atom is 0.398 e. The van der Waals surface area contributed by atoms with Crippen molar-refractivity contribution in [3.8, 4) is 17.0 Å². The SMILES string of the molecule is NC(=O)[C@@]1(C2CC2)COc2c1cc([C@@H](CNC(=O)c1ccc3nc(N)sc3c1)C(F)(F)F)nc2-c1ccc(F)cc1. The summed E-state index contributed by atoms with van der Waals surface area (Å²) >= 11 is 1.15. The van der Waals surface area contributed by atoms with Gasteiger partial charge in [-0.25, -0.2) is 14.4 Å². The molecule has 5 N–H and O–H groups in total. The third-order valence-electron chi connectivity index (χ3n) is 7.64. The standard InChI is InChI=1S/C28H23F4N5O3S/c29-16-6-1-13(2-7-16)22-23-17(27(12-40-23,25(33)39)15-4-5-15)10-20(36-22)18(28(30,31)32)11-35-24(38)14-3-8-19-21(9-14)41-26(34)37-19/h1-3,6-10,15,18H,4-5,11-12H2,(H2,33,39)(H2,34,37)(H,35,38)/t18-,27-/m1/s1. The number of halogens is 4. The van der Waals surface area contributed by atoms with Gasteiger partial charge in [-0.2, -0.15) is 13.2 Å². The van der Waals surface area contributed by atoms with E-state index in [2.05, 4.69) is 15.3 Å². The number of nitrogen functional groups attached to an aromatic ring is 1. The van der Waals surface area contributed by atoms with Gasteiger partial charge in [0, 0.05) is 23.2 Å². The van der Waals surface area contributed by atoms with Crippen molar-refractivity contribution in [2.45, 2.75) is 30.4 Å². The molecule has 1 fully saturated rings. The van der Waals surface area contributed by atoms with E-state index in [1.807, 2.05) is 0 Å². The number of rotatable bonds is 7. The van der Waals surface area contributed by atoms with Crippen molar-refractivity contribution < 1.29 is 31.9 Å². The minimum atomic E-state index is -4.82. The quantitative estimate of drug-likeness (QED) is 0.270. The Labute approximate surface area is 234 Å². The molecule has 2 aromatic carbocycles. The maximum absolute atomic E-state index is 14.5. The molecule has 1 aliphatic heterocycles. The smallest absolute Gasteiger partial charge is 0.398 e. The monoisotopic (exact) mass is 585 g/mol. The van der Waals surface area contributed by atoms with Crippen molar-refractivity contribution >= 4 is 38.5 Å². The highest BCUT2D eigenvalue weighted by molar-refractivity contribution is 7.22. The van der Waals surface area contributed by atoms with Gasteiger partial charge in [0.1, 0.15) is 35.2 Å². The second kappa shape index (κ2) is 9.68. The zero-order valence-corrected chi connectivity index (χ0v) is 22.1. The summed E-state index contributed by atoms with van der Waals surface area (Å²) in [7, 11) is 0. The van der Waals surface area contributed by atoms with Crippen LogP contribution in [0, 0.1) is 11.7 Å². The molecule has 0 spiro atoms. The van der Waals surface area contributed by atoms with Crippen molar-refractivity contribution in [3.05, 3.63) is 71.2 Å². The summed E-state index contributed by atoms with van der Waals surface area (Å²) in [4.78, 5) is 34.1. The lowest BCUT2D eigenvalue weighted by atomic mass is 9.76. The molecule has 6 rings (SSSR count). The normalized spacial score (nSPS) is 19.0. The Hall–Kier alpha value is -4.26. The van der Waals surface area contributed by atoms with Gasteiger partial charge in [0.25, 0.3) is 5.91 Å². The van der Waals surface area contributed by atoms with Gasteiger partial charge in [-0.15, -0.1) is 0 Å². The van der Waals surface area contributed by atoms with Crippen LogP contribution in [0.5, 0.6) is 5.75 Å². The number of alkyl halides is 3. The van der Waals surface area contributed by atoms with Crippen LogP contribution in [0.1, 0.15) is 40.4 Å². The first-order valence-corrected chi connectivity index (χ1v) is 13.5. The number of benzene rings is 2. The topological polar surface area (TPSA) is 133 Å². The molecule has 13 heteroatoms. The first-order chi connectivity index (χ1) is 19.5. The largest absolute Gasteiger partial charge is 0.489 e. The minimum Gasteiger partial charge on any atom is -0.489 e. The molecule has 212 valence electrons. The fourth-order valence-electron chi connectivity index (χ4n) is 5.36. The maximum atomic E-state index is 14.5. The Kier molecular flexibility index (Phi) is 6.36. The van der Waals surface area contributed by atoms with Gasteiger partial charge in [0.2, 0.25) is 5.91 Å². The Balaban J connectivity index is 1.40. The van der Waals surface area contributed by atoms with Crippen LogP contribution in [0.4, 0.5) is 22.7 Å². The summed E-state index contributed by atoms with van der Waals surface area (Å²) in [5.41, 5.74) is 11.1. The average Bonchev–Trinajstić information content (AvgIpc) is 3.58. The predicted molar refractivity (Wildman–Crippen MR) is 144 cm³/mol. The van der Waals surface area contributed by atoms with Crippen molar-refractivity contribution in [1.29, 1.82) is 0 Å². The highest BCUT2D eigenvalue weighted by Gasteiger charge is 2.57. The predicted octanol–water partition coefficient (Wildman–Crippen LogP) is 4.68. The van der Waals surface area contributed by atoms with Crippen LogP contribution in [0.3, 0.4) is 0 Å². The number of anilines is 1. The molecule has 0 radical (unpaired) electrons. The van der Waals surface area contributed by atoms with Crippen LogP contribution in [0.15, 0.2) is 48.5 Å². The zero-order valence-electron chi connectivity index (χ0n) is 21.3. The Morgan fingerprint density at radius 2 is 1.85 bits per heavy atom. The number of carbonyl (C=O) groups excluding carboxylic acids is 2. The van der Waals surface area contributed by atoms with Crippen LogP contribution >= 0.6 is 11.3 Å². The molecule has 2 aromatic heterocycles. The highest BCUT2D eigenvalue weighted by Crippen LogP contribution is 2.55. The van der Waals surface area contributed by atoms with Crippen LogP contribution in [-0.4, -0.2) is 41.1 Å². The Morgan fingerprint density at radius 3 is 2.51 bits per heavy atom. The molecule has 1 aliphatic carbocycles. The lowest BCUT2D eigenvalue weighted by Crippen LogP contribution is -2.45. The molecule has 1 saturated carbocycles. The number of nitrogens with one attached hydrogen (secondary N) is 1. The summed E-state index contributed by atoms with van der Waals surface area (Å²) in [5.74, 6) is -4.23. The number of nitrogens with two attached hydrogens (primary N) is 2. The number of carbonyl (C=O) groups is 2. The summed E-state index contributed by atoms with van der Waals surface area (Å²) < 4.78 is 63.8. The molecule has 4 aromatic rings. The van der Waals surface area contributed by atoms with Crippen molar-refractivity contribution in [1.82, 2.24) is 15.3 Å². The van der Waals surface area contributed by atoms with Crippen LogP contribution in [-0.2, 0) is 10.2 Å². The number of primary amides is 1. The number of hydrogen-bond acceptors (Lipinski definition) is 7. The number of thiazole rings is 1. The third kappa shape index (κ3) is 4.73. The van der Waals surface area contributed by atoms with Gasteiger partial charge in [-0.1, -0.05) is 11.3 Å². The van der Waals surface area contributed by atoms with E-state index in [0.717, 1.165) is 23.5 Å². The molecular weight excluding hydrogens is 562 g/mol. The van der Waals surface area contributed by atoms with Crippen LogP contribution in [0.2, 0.25) is 0 Å². The van der Waals surface area contributed by atoms with Gasteiger partial charge < -0.3 is 21.5 Å². The number of amides is 2. The first-order valence-electron chi connectivity index (χ1n) is 12.7. The number of pyridine rings is 1. The van der Waals surface area contributed by atoms with E-state index >= 15 is 0 Å². The molecule has 3 heterocycles. The molecule has 41 heavy (non-hydrogen) atoms. The molecular formula is C28H23F4N5O3S.